The van der Waals surface area contributed by atoms with Crippen molar-refractivity contribution in [3.05, 3.63) is 22.7 Å². The van der Waals surface area contributed by atoms with Gasteiger partial charge in [-0.2, -0.15) is 0 Å². The maximum Gasteiger partial charge on any atom is 0.167 e. The Balaban J connectivity index is 2.36. The summed E-state index contributed by atoms with van der Waals surface area (Å²) in [6.45, 7) is 5.05. The molecule has 1 aromatic rings. The Morgan fingerprint density at radius 1 is 1.22 bits per heavy atom. The standard InChI is InChI=1S/C14H17ClO3/c1-3-9(4-2)14(16)10-7-12-13(8-11(10)15)18-6-5-17-12/h7-9H,3-6H2,1-2H3. The first-order valence-corrected chi connectivity index (χ1v) is 6.68. The van der Waals surface area contributed by atoms with Gasteiger partial charge in [0.15, 0.2) is 17.3 Å². The van der Waals surface area contributed by atoms with Crippen molar-refractivity contribution >= 4 is 17.4 Å². The molecule has 0 spiro atoms. The van der Waals surface area contributed by atoms with Crippen LogP contribution in [0.4, 0.5) is 0 Å². The van der Waals surface area contributed by atoms with Crippen LogP contribution in [0.15, 0.2) is 12.1 Å². The van der Waals surface area contributed by atoms with Gasteiger partial charge in [-0.1, -0.05) is 25.4 Å². The number of ether oxygens (including phenoxy) is 2. The molecule has 0 unspecified atom stereocenters. The van der Waals surface area contributed by atoms with Gasteiger partial charge >= 0.3 is 0 Å². The number of rotatable bonds is 4. The summed E-state index contributed by atoms with van der Waals surface area (Å²) < 4.78 is 10.9. The Kier molecular flexibility index (Phi) is 4.12. The van der Waals surface area contributed by atoms with Crippen LogP contribution in [-0.4, -0.2) is 19.0 Å². The Morgan fingerprint density at radius 2 is 1.78 bits per heavy atom. The van der Waals surface area contributed by atoms with Crippen molar-refractivity contribution in [2.75, 3.05) is 13.2 Å². The van der Waals surface area contributed by atoms with E-state index in [-0.39, 0.29) is 11.7 Å². The highest BCUT2D eigenvalue weighted by Crippen LogP contribution is 2.36. The van der Waals surface area contributed by atoms with Gasteiger partial charge in [0.05, 0.1) is 5.02 Å². The predicted molar refractivity (Wildman–Crippen MR) is 70.8 cm³/mol. The van der Waals surface area contributed by atoms with E-state index in [1.165, 1.54) is 0 Å². The highest BCUT2D eigenvalue weighted by Gasteiger charge is 2.23. The summed E-state index contributed by atoms with van der Waals surface area (Å²) in [6.07, 6.45) is 1.64. The lowest BCUT2D eigenvalue weighted by Gasteiger charge is -2.20. The number of carbonyl (C=O) groups excluding carboxylic acids is 1. The van der Waals surface area contributed by atoms with Gasteiger partial charge in [0.1, 0.15) is 13.2 Å². The van der Waals surface area contributed by atoms with Crippen molar-refractivity contribution in [1.82, 2.24) is 0 Å². The fraction of sp³-hybridized carbons (Fsp3) is 0.500. The van der Waals surface area contributed by atoms with Gasteiger partial charge in [-0.25, -0.2) is 0 Å². The minimum absolute atomic E-state index is 0.0186. The molecule has 1 aliphatic rings. The monoisotopic (exact) mass is 268 g/mol. The molecule has 98 valence electrons. The Hall–Kier alpha value is -1.22. The van der Waals surface area contributed by atoms with Crippen LogP contribution >= 0.6 is 11.6 Å². The van der Waals surface area contributed by atoms with Gasteiger partial charge in [0.2, 0.25) is 0 Å². The molecular weight excluding hydrogens is 252 g/mol. The number of hydrogen-bond acceptors (Lipinski definition) is 3. The SMILES string of the molecule is CCC(CC)C(=O)c1cc2c(cc1Cl)OCCO2. The molecule has 1 aromatic carbocycles. The van der Waals surface area contributed by atoms with Crippen molar-refractivity contribution in [2.45, 2.75) is 26.7 Å². The zero-order chi connectivity index (χ0) is 13.1. The highest BCUT2D eigenvalue weighted by molar-refractivity contribution is 6.34. The summed E-state index contributed by atoms with van der Waals surface area (Å²) in [5.74, 6) is 1.33. The van der Waals surface area contributed by atoms with Gasteiger partial charge in [-0.05, 0) is 18.9 Å². The molecule has 0 radical (unpaired) electrons. The summed E-state index contributed by atoms with van der Waals surface area (Å²) in [4.78, 5) is 12.3. The first-order chi connectivity index (χ1) is 8.67. The fourth-order valence-corrected chi connectivity index (χ4v) is 2.38. The lowest BCUT2D eigenvalue weighted by Crippen LogP contribution is -2.18. The third kappa shape index (κ3) is 2.46. The van der Waals surface area contributed by atoms with E-state index in [0.717, 1.165) is 12.8 Å². The van der Waals surface area contributed by atoms with E-state index in [9.17, 15) is 4.79 Å². The van der Waals surface area contributed by atoms with E-state index in [1.807, 2.05) is 13.8 Å². The Bertz CT molecular complexity index is 453. The zero-order valence-electron chi connectivity index (χ0n) is 10.7. The molecule has 1 heterocycles. The molecule has 18 heavy (non-hydrogen) atoms. The molecule has 0 atom stereocenters. The van der Waals surface area contributed by atoms with Crippen molar-refractivity contribution in [3.8, 4) is 11.5 Å². The summed E-state index contributed by atoms with van der Waals surface area (Å²) in [5.41, 5.74) is 0.537. The summed E-state index contributed by atoms with van der Waals surface area (Å²) >= 11 is 6.16. The van der Waals surface area contributed by atoms with Crippen LogP contribution in [0, 0.1) is 5.92 Å². The number of carbonyl (C=O) groups is 1. The number of fused-ring (bicyclic) bond motifs is 1. The quantitative estimate of drug-likeness (QED) is 0.781. The number of benzene rings is 1. The van der Waals surface area contributed by atoms with Crippen molar-refractivity contribution in [3.63, 3.8) is 0 Å². The topological polar surface area (TPSA) is 35.5 Å². The van der Waals surface area contributed by atoms with Crippen molar-refractivity contribution in [2.24, 2.45) is 5.92 Å². The average Bonchev–Trinajstić information content (AvgIpc) is 2.39. The fourth-order valence-electron chi connectivity index (χ4n) is 2.13. The van der Waals surface area contributed by atoms with E-state index in [0.29, 0.717) is 35.3 Å². The van der Waals surface area contributed by atoms with Gasteiger partial charge in [-0.15, -0.1) is 0 Å². The molecule has 3 nitrogen and oxygen atoms in total. The Morgan fingerprint density at radius 3 is 2.33 bits per heavy atom. The summed E-state index contributed by atoms with van der Waals surface area (Å²) in [7, 11) is 0. The molecule has 0 aromatic heterocycles. The van der Waals surface area contributed by atoms with Crippen molar-refractivity contribution < 1.29 is 14.3 Å². The second kappa shape index (κ2) is 5.61. The minimum Gasteiger partial charge on any atom is -0.486 e. The van der Waals surface area contributed by atoms with Crippen LogP contribution in [0.1, 0.15) is 37.0 Å². The van der Waals surface area contributed by atoms with Crippen LogP contribution in [-0.2, 0) is 0 Å². The van der Waals surface area contributed by atoms with Gasteiger partial charge in [-0.3, -0.25) is 4.79 Å². The summed E-state index contributed by atoms with van der Waals surface area (Å²) in [5, 5.41) is 0.441. The van der Waals surface area contributed by atoms with Crippen LogP contribution in [0.25, 0.3) is 0 Å². The van der Waals surface area contributed by atoms with Gasteiger partial charge < -0.3 is 9.47 Å². The van der Waals surface area contributed by atoms with E-state index in [2.05, 4.69) is 0 Å². The molecule has 0 bridgehead atoms. The zero-order valence-corrected chi connectivity index (χ0v) is 11.4. The first-order valence-electron chi connectivity index (χ1n) is 6.30. The van der Waals surface area contributed by atoms with E-state index in [4.69, 9.17) is 21.1 Å². The first kappa shape index (κ1) is 13.2. The largest absolute Gasteiger partial charge is 0.486 e. The molecule has 4 heteroatoms. The van der Waals surface area contributed by atoms with Crippen LogP contribution in [0.5, 0.6) is 11.5 Å². The third-order valence-electron chi connectivity index (χ3n) is 3.25. The number of Topliss-reactive ketones (excluding diaryl/α,β-unsaturated/α-hetero) is 1. The maximum absolute atomic E-state index is 12.3. The molecule has 0 saturated heterocycles. The predicted octanol–water partition coefficient (Wildman–Crippen LogP) is 3.73. The van der Waals surface area contributed by atoms with Gasteiger partial charge in [0, 0.05) is 17.5 Å². The molecule has 1 aliphatic heterocycles. The second-order valence-electron chi connectivity index (χ2n) is 4.35. The Labute approximate surface area is 112 Å². The summed E-state index contributed by atoms with van der Waals surface area (Å²) in [6, 6.07) is 3.38. The molecule has 2 rings (SSSR count). The second-order valence-corrected chi connectivity index (χ2v) is 4.76. The molecule has 0 N–H and O–H groups in total. The average molecular weight is 269 g/mol. The lowest BCUT2D eigenvalue weighted by atomic mass is 9.93. The van der Waals surface area contributed by atoms with E-state index < -0.39 is 0 Å². The number of hydrogen-bond donors (Lipinski definition) is 0. The highest BCUT2D eigenvalue weighted by atomic mass is 35.5. The molecule has 0 amide bonds. The normalized spacial score (nSPS) is 13.8. The molecule has 0 saturated carbocycles. The van der Waals surface area contributed by atoms with Crippen LogP contribution < -0.4 is 9.47 Å². The number of ketones is 1. The minimum atomic E-state index is 0.0186. The smallest absolute Gasteiger partial charge is 0.167 e. The van der Waals surface area contributed by atoms with Crippen molar-refractivity contribution in [1.29, 1.82) is 0 Å². The maximum atomic E-state index is 12.3. The van der Waals surface area contributed by atoms with Crippen LogP contribution in [0.3, 0.4) is 0 Å². The van der Waals surface area contributed by atoms with E-state index in [1.54, 1.807) is 12.1 Å². The third-order valence-corrected chi connectivity index (χ3v) is 3.57. The van der Waals surface area contributed by atoms with Gasteiger partial charge in [0.25, 0.3) is 0 Å². The lowest BCUT2D eigenvalue weighted by molar-refractivity contribution is 0.0912. The molecular formula is C14H17ClO3. The number of halogens is 1. The molecule has 0 fully saturated rings. The molecule has 0 aliphatic carbocycles. The van der Waals surface area contributed by atoms with E-state index >= 15 is 0 Å². The van der Waals surface area contributed by atoms with Crippen LogP contribution in [0.2, 0.25) is 5.02 Å².